The lowest BCUT2D eigenvalue weighted by Crippen LogP contribution is -2.51. The van der Waals surface area contributed by atoms with Crippen LogP contribution in [0.4, 0.5) is 0 Å². The van der Waals surface area contributed by atoms with Crippen LogP contribution in [-0.2, 0) is 14.8 Å². The fraction of sp³-hybridized carbons (Fsp3) is 0.500. The Bertz CT molecular complexity index is 534. The summed E-state index contributed by atoms with van der Waals surface area (Å²) in [5.74, 6) is 0. The van der Waals surface area contributed by atoms with Gasteiger partial charge in [-0.15, -0.1) is 0 Å². The van der Waals surface area contributed by atoms with Crippen molar-refractivity contribution < 1.29 is 13.2 Å². The molecule has 0 radical (unpaired) electrons. The van der Waals surface area contributed by atoms with Gasteiger partial charge in [0, 0.05) is 22.9 Å². The molecule has 2 rings (SSSR count). The Kier molecular flexibility index (Phi) is 4.89. The van der Waals surface area contributed by atoms with Crippen molar-refractivity contribution in [3.63, 3.8) is 0 Å². The molecule has 2 atom stereocenters. The molecule has 106 valence electrons. The van der Waals surface area contributed by atoms with Gasteiger partial charge in [-0.2, -0.15) is 4.31 Å². The number of hydrogen-bond acceptors (Lipinski definition) is 3. The van der Waals surface area contributed by atoms with Gasteiger partial charge in [-0.1, -0.05) is 27.5 Å². The zero-order valence-electron chi connectivity index (χ0n) is 10.4. The van der Waals surface area contributed by atoms with E-state index >= 15 is 0 Å². The van der Waals surface area contributed by atoms with E-state index in [1.807, 2.05) is 6.92 Å². The van der Waals surface area contributed by atoms with E-state index in [-0.39, 0.29) is 17.0 Å². The lowest BCUT2D eigenvalue weighted by atomic mass is 10.2. The zero-order chi connectivity index (χ0) is 14.0. The molecular weight excluding hydrogens is 354 g/mol. The quantitative estimate of drug-likeness (QED) is 0.770. The van der Waals surface area contributed by atoms with Crippen molar-refractivity contribution >= 4 is 37.6 Å². The number of rotatable bonds is 3. The van der Waals surface area contributed by atoms with Crippen LogP contribution in [0.3, 0.4) is 0 Å². The summed E-state index contributed by atoms with van der Waals surface area (Å²) in [5, 5.41) is 1.14. The van der Waals surface area contributed by atoms with Gasteiger partial charge >= 0.3 is 0 Å². The maximum absolute atomic E-state index is 12.6. The first-order valence-electron chi connectivity index (χ1n) is 5.90. The summed E-state index contributed by atoms with van der Waals surface area (Å²) in [7, 11) is -3.50. The third kappa shape index (κ3) is 3.31. The molecule has 1 saturated heterocycles. The van der Waals surface area contributed by atoms with Crippen molar-refractivity contribution in [1.82, 2.24) is 4.31 Å². The molecule has 0 N–H and O–H groups in total. The van der Waals surface area contributed by atoms with E-state index in [2.05, 4.69) is 15.9 Å². The minimum atomic E-state index is -3.50. The molecule has 0 saturated carbocycles. The number of ether oxygens (including phenoxy) is 1. The number of hydrogen-bond donors (Lipinski definition) is 0. The van der Waals surface area contributed by atoms with Crippen molar-refractivity contribution in [2.24, 2.45) is 0 Å². The first-order chi connectivity index (χ1) is 8.95. The summed E-state index contributed by atoms with van der Waals surface area (Å²) >= 11 is 9.11. The lowest BCUT2D eigenvalue weighted by Gasteiger charge is -2.36. The summed E-state index contributed by atoms with van der Waals surface area (Å²) in [6.45, 7) is 2.61. The van der Waals surface area contributed by atoms with Gasteiger partial charge in [0.2, 0.25) is 10.0 Å². The molecule has 1 aliphatic heterocycles. The van der Waals surface area contributed by atoms with Crippen LogP contribution in [0.1, 0.15) is 6.92 Å². The van der Waals surface area contributed by atoms with E-state index < -0.39 is 10.0 Å². The van der Waals surface area contributed by atoms with Crippen LogP contribution >= 0.6 is 27.5 Å². The Balaban J connectivity index is 2.29. The van der Waals surface area contributed by atoms with E-state index in [1.54, 1.807) is 12.1 Å². The van der Waals surface area contributed by atoms with Gasteiger partial charge in [0.15, 0.2) is 0 Å². The van der Waals surface area contributed by atoms with Gasteiger partial charge in [-0.05, 0) is 31.2 Å². The molecule has 0 bridgehead atoms. The molecule has 0 amide bonds. The lowest BCUT2D eigenvalue weighted by molar-refractivity contribution is -0.0139. The van der Waals surface area contributed by atoms with Crippen LogP contribution in [0.5, 0.6) is 0 Å². The van der Waals surface area contributed by atoms with Crippen molar-refractivity contribution in [3.05, 3.63) is 29.3 Å². The summed E-state index contributed by atoms with van der Waals surface area (Å²) in [4.78, 5) is 0.263. The predicted octanol–water partition coefficient (Wildman–Crippen LogP) is 2.51. The van der Waals surface area contributed by atoms with Crippen LogP contribution < -0.4 is 0 Å². The molecule has 2 unspecified atom stereocenters. The molecule has 1 fully saturated rings. The smallest absolute Gasteiger partial charge is 0.243 e. The SMILES string of the molecule is CC1COC(CBr)CN1S(=O)(=O)c1ccc(Cl)cc1. The van der Waals surface area contributed by atoms with Crippen molar-refractivity contribution in [2.45, 2.75) is 24.0 Å². The molecule has 1 aromatic rings. The molecule has 1 aromatic carbocycles. The van der Waals surface area contributed by atoms with Gasteiger partial charge in [0.05, 0.1) is 17.6 Å². The van der Waals surface area contributed by atoms with E-state index in [1.165, 1.54) is 16.4 Å². The molecule has 0 aromatic heterocycles. The molecule has 4 nitrogen and oxygen atoms in total. The highest BCUT2D eigenvalue weighted by molar-refractivity contribution is 9.09. The van der Waals surface area contributed by atoms with E-state index in [9.17, 15) is 8.42 Å². The van der Waals surface area contributed by atoms with Gasteiger partial charge in [0.1, 0.15) is 0 Å². The third-order valence-corrected chi connectivity index (χ3v) is 6.01. The fourth-order valence-corrected chi connectivity index (χ4v) is 4.13. The maximum Gasteiger partial charge on any atom is 0.243 e. The maximum atomic E-state index is 12.6. The summed E-state index contributed by atoms with van der Waals surface area (Å²) in [6.07, 6.45) is -0.113. The topological polar surface area (TPSA) is 46.6 Å². The Hall–Kier alpha value is -0.140. The summed E-state index contributed by atoms with van der Waals surface area (Å²) in [5.41, 5.74) is 0. The summed E-state index contributed by atoms with van der Waals surface area (Å²) < 4.78 is 32.2. The first-order valence-corrected chi connectivity index (χ1v) is 8.84. The Morgan fingerprint density at radius 3 is 2.63 bits per heavy atom. The Morgan fingerprint density at radius 1 is 1.42 bits per heavy atom. The minimum absolute atomic E-state index is 0.113. The van der Waals surface area contributed by atoms with Gasteiger partial charge < -0.3 is 4.74 Å². The van der Waals surface area contributed by atoms with Crippen LogP contribution in [-0.4, -0.2) is 43.4 Å². The minimum Gasteiger partial charge on any atom is -0.374 e. The molecule has 7 heteroatoms. The number of morpholine rings is 1. The largest absolute Gasteiger partial charge is 0.374 e. The standard InChI is InChI=1S/C12H15BrClNO3S/c1-9-8-18-11(6-13)7-15(9)19(16,17)12-4-2-10(14)3-5-12/h2-5,9,11H,6-8H2,1H3. The number of sulfonamides is 1. The second kappa shape index (κ2) is 6.10. The van der Waals surface area contributed by atoms with E-state index in [0.717, 1.165) is 0 Å². The van der Waals surface area contributed by atoms with Crippen LogP contribution in [0.25, 0.3) is 0 Å². The zero-order valence-corrected chi connectivity index (χ0v) is 13.6. The van der Waals surface area contributed by atoms with Gasteiger partial charge in [-0.25, -0.2) is 8.42 Å². The number of halogens is 2. The Morgan fingerprint density at radius 2 is 2.05 bits per heavy atom. The monoisotopic (exact) mass is 367 g/mol. The number of benzene rings is 1. The van der Waals surface area contributed by atoms with Crippen molar-refractivity contribution in [3.8, 4) is 0 Å². The predicted molar refractivity (Wildman–Crippen MR) is 78.3 cm³/mol. The third-order valence-electron chi connectivity index (χ3n) is 3.04. The van der Waals surface area contributed by atoms with E-state index in [0.29, 0.717) is 23.5 Å². The molecular formula is C12H15BrClNO3S. The van der Waals surface area contributed by atoms with Crippen LogP contribution in [0.2, 0.25) is 5.02 Å². The van der Waals surface area contributed by atoms with Gasteiger partial charge in [0.25, 0.3) is 0 Å². The molecule has 1 aliphatic rings. The molecule has 0 aliphatic carbocycles. The van der Waals surface area contributed by atoms with Crippen LogP contribution in [0.15, 0.2) is 29.2 Å². The number of alkyl halides is 1. The molecule has 0 spiro atoms. The van der Waals surface area contributed by atoms with Gasteiger partial charge in [-0.3, -0.25) is 0 Å². The Labute approximate surface area is 126 Å². The summed E-state index contributed by atoms with van der Waals surface area (Å²) in [6, 6.07) is 6.06. The number of nitrogens with zero attached hydrogens (tertiary/aromatic N) is 1. The molecule has 1 heterocycles. The fourth-order valence-electron chi connectivity index (χ4n) is 1.96. The van der Waals surface area contributed by atoms with Crippen molar-refractivity contribution in [1.29, 1.82) is 0 Å². The second-order valence-corrected chi connectivity index (χ2v) is 7.46. The molecule has 19 heavy (non-hydrogen) atoms. The highest BCUT2D eigenvalue weighted by atomic mass is 79.9. The average Bonchev–Trinajstić information content (AvgIpc) is 2.39. The highest BCUT2D eigenvalue weighted by Crippen LogP contribution is 2.24. The van der Waals surface area contributed by atoms with E-state index in [4.69, 9.17) is 16.3 Å². The second-order valence-electron chi connectivity index (χ2n) is 4.49. The normalized spacial score (nSPS) is 25.4. The average molecular weight is 369 g/mol. The highest BCUT2D eigenvalue weighted by Gasteiger charge is 2.35. The van der Waals surface area contributed by atoms with Crippen molar-refractivity contribution in [2.75, 3.05) is 18.5 Å². The first kappa shape index (κ1) is 15.3. The van der Waals surface area contributed by atoms with Crippen LogP contribution in [0, 0.1) is 0 Å².